The third-order valence-corrected chi connectivity index (χ3v) is 5.37. The Labute approximate surface area is 147 Å². The number of aryl methyl sites for hydroxylation is 1. The Kier molecular flexibility index (Phi) is 5.16. The van der Waals surface area contributed by atoms with Crippen LogP contribution in [0.5, 0.6) is 0 Å². The van der Waals surface area contributed by atoms with E-state index in [4.69, 9.17) is 23.8 Å². The van der Waals surface area contributed by atoms with E-state index >= 15 is 0 Å². The van der Waals surface area contributed by atoms with Gasteiger partial charge in [0, 0.05) is 44.3 Å². The van der Waals surface area contributed by atoms with E-state index in [1.807, 2.05) is 28.4 Å². The number of rotatable bonds is 4. The second kappa shape index (κ2) is 7.13. The molecule has 0 unspecified atom stereocenters. The van der Waals surface area contributed by atoms with Crippen molar-refractivity contribution in [1.29, 1.82) is 0 Å². The van der Waals surface area contributed by atoms with E-state index in [1.165, 1.54) is 5.56 Å². The van der Waals surface area contributed by atoms with Gasteiger partial charge in [0.15, 0.2) is 4.77 Å². The summed E-state index contributed by atoms with van der Waals surface area (Å²) in [5.74, 6) is 0. The molecule has 7 heteroatoms. The molecule has 0 N–H and O–H groups in total. The molecule has 1 saturated heterocycles. The van der Waals surface area contributed by atoms with Gasteiger partial charge in [-0.3, -0.25) is 9.80 Å². The van der Waals surface area contributed by atoms with E-state index in [-0.39, 0.29) is 0 Å². The van der Waals surface area contributed by atoms with Crippen molar-refractivity contribution in [2.75, 3.05) is 26.2 Å². The quantitative estimate of drug-likeness (QED) is 0.792. The van der Waals surface area contributed by atoms with Gasteiger partial charge < -0.3 is 4.57 Å². The molecule has 2 heterocycles. The number of nitrogens with zero attached hydrogens (tertiary/aromatic N) is 5. The first-order valence-corrected chi connectivity index (χ1v) is 8.64. The van der Waals surface area contributed by atoms with E-state index in [0.717, 1.165) is 42.6 Å². The van der Waals surface area contributed by atoms with Gasteiger partial charge in [-0.15, -0.1) is 0 Å². The molecule has 0 aliphatic carbocycles. The van der Waals surface area contributed by atoms with E-state index in [0.29, 0.717) is 6.04 Å². The average Bonchev–Trinajstić information content (AvgIpc) is 2.87. The van der Waals surface area contributed by atoms with E-state index in [2.05, 4.69) is 34.0 Å². The molecule has 1 aliphatic heterocycles. The van der Waals surface area contributed by atoms with Gasteiger partial charge in [-0.25, -0.2) is 4.68 Å². The van der Waals surface area contributed by atoms with Crippen molar-refractivity contribution < 1.29 is 0 Å². The molecule has 0 saturated carbocycles. The first kappa shape index (κ1) is 16.6. The zero-order valence-electron chi connectivity index (χ0n) is 13.5. The summed E-state index contributed by atoms with van der Waals surface area (Å²) in [5, 5.41) is 5.17. The summed E-state index contributed by atoms with van der Waals surface area (Å²) in [6.45, 7) is 7.04. The zero-order valence-corrected chi connectivity index (χ0v) is 15.1. The number of hydrogen-bond acceptors (Lipinski definition) is 4. The van der Waals surface area contributed by atoms with Crippen LogP contribution in [0.15, 0.2) is 30.6 Å². The topological polar surface area (TPSA) is 29.2 Å². The van der Waals surface area contributed by atoms with Crippen molar-refractivity contribution in [2.45, 2.75) is 19.6 Å². The van der Waals surface area contributed by atoms with Crippen LogP contribution in [-0.4, -0.2) is 50.3 Å². The Morgan fingerprint density at radius 2 is 1.91 bits per heavy atom. The summed E-state index contributed by atoms with van der Waals surface area (Å²) in [5.41, 5.74) is 1.20. The van der Waals surface area contributed by atoms with Crippen LogP contribution in [0.3, 0.4) is 0 Å². The van der Waals surface area contributed by atoms with Gasteiger partial charge in [0.1, 0.15) is 6.33 Å². The van der Waals surface area contributed by atoms with Crippen molar-refractivity contribution >= 4 is 23.8 Å². The molecule has 23 heavy (non-hydrogen) atoms. The normalized spacial score (nSPS) is 18.2. The molecule has 0 amide bonds. The lowest BCUT2D eigenvalue weighted by atomic mass is 10.1. The third kappa shape index (κ3) is 3.66. The van der Waals surface area contributed by atoms with Crippen molar-refractivity contribution in [1.82, 2.24) is 24.1 Å². The molecule has 1 aliphatic rings. The number of aromatic nitrogens is 3. The minimum Gasteiger partial charge on any atom is -0.310 e. The monoisotopic (exact) mass is 351 g/mol. The molecular weight excluding hydrogens is 330 g/mol. The highest BCUT2D eigenvalue weighted by atomic mass is 35.5. The van der Waals surface area contributed by atoms with E-state index in [1.54, 1.807) is 6.33 Å². The van der Waals surface area contributed by atoms with Crippen molar-refractivity contribution in [3.63, 3.8) is 0 Å². The van der Waals surface area contributed by atoms with E-state index < -0.39 is 0 Å². The van der Waals surface area contributed by atoms with Crippen molar-refractivity contribution in [3.05, 3.63) is 45.9 Å². The first-order valence-electron chi connectivity index (χ1n) is 7.85. The fourth-order valence-corrected chi connectivity index (χ4v) is 3.46. The predicted molar refractivity (Wildman–Crippen MR) is 95.0 cm³/mol. The van der Waals surface area contributed by atoms with Gasteiger partial charge in [-0.1, -0.05) is 29.8 Å². The van der Waals surface area contributed by atoms with Crippen LogP contribution in [0, 0.1) is 4.77 Å². The van der Waals surface area contributed by atoms with Crippen molar-refractivity contribution in [2.24, 2.45) is 7.05 Å². The fraction of sp³-hybridized carbons (Fsp3) is 0.500. The summed E-state index contributed by atoms with van der Waals surface area (Å²) in [6, 6.07) is 8.45. The summed E-state index contributed by atoms with van der Waals surface area (Å²) in [7, 11) is 1.93. The maximum atomic E-state index is 6.33. The molecule has 2 aromatic rings. The van der Waals surface area contributed by atoms with Gasteiger partial charge in [0.2, 0.25) is 0 Å². The Morgan fingerprint density at radius 3 is 2.52 bits per heavy atom. The molecule has 0 bridgehead atoms. The summed E-state index contributed by atoms with van der Waals surface area (Å²) in [4.78, 5) is 4.87. The molecule has 3 rings (SSSR count). The Morgan fingerprint density at radius 1 is 1.22 bits per heavy atom. The highest BCUT2D eigenvalue weighted by Crippen LogP contribution is 2.27. The Bertz CT molecular complexity index is 717. The van der Waals surface area contributed by atoms with Crippen LogP contribution < -0.4 is 0 Å². The van der Waals surface area contributed by atoms with Crippen LogP contribution in [0.1, 0.15) is 18.5 Å². The highest BCUT2D eigenvalue weighted by molar-refractivity contribution is 7.71. The SMILES string of the molecule is C[C@H](c1ccccc1Cl)N1CCN(Cn2ncn(C)c2=S)CC1. The maximum Gasteiger partial charge on any atom is 0.198 e. The summed E-state index contributed by atoms with van der Waals surface area (Å²) in [6.07, 6.45) is 1.76. The van der Waals surface area contributed by atoms with Crippen LogP contribution in [-0.2, 0) is 13.7 Å². The van der Waals surface area contributed by atoms with Gasteiger partial charge in [-0.2, -0.15) is 5.10 Å². The second-order valence-corrected chi connectivity index (χ2v) is 6.79. The molecule has 1 aromatic carbocycles. The minimum atomic E-state index is 0.336. The van der Waals surface area contributed by atoms with Crippen LogP contribution in [0.2, 0.25) is 5.02 Å². The molecule has 5 nitrogen and oxygen atoms in total. The van der Waals surface area contributed by atoms with Crippen LogP contribution in [0.4, 0.5) is 0 Å². The third-order valence-electron chi connectivity index (χ3n) is 4.53. The van der Waals surface area contributed by atoms with Gasteiger partial charge >= 0.3 is 0 Å². The largest absolute Gasteiger partial charge is 0.310 e. The van der Waals surface area contributed by atoms with Crippen molar-refractivity contribution in [3.8, 4) is 0 Å². The van der Waals surface area contributed by atoms with Gasteiger partial charge in [0.05, 0.1) is 6.67 Å². The molecule has 1 aromatic heterocycles. The van der Waals surface area contributed by atoms with Crippen LogP contribution >= 0.6 is 23.8 Å². The Balaban J connectivity index is 1.59. The molecule has 0 radical (unpaired) electrons. The Hall–Kier alpha value is -1.21. The first-order chi connectivity index (χ1) is 11.1. The highest BCUT2D eigenvalue weighted by Gasteiger charge is 2.23. The summed E-state index contributed by atoms with van der Waals surface area (Å²) < 4.78 is 4.50. The second-order valence-electron chi connectivity index (χ2n) is 6.02. The molecule has 1 fully saturated rings. The predicted octanol–water partition coefficient (Wildman–Crippen LogP) is 2.94. The average molecular weight is 352 g/mol. The van der Waals surface area contributed by atoms with Gasteiger partial charge in [-0.05, 0) is 30.8 Å². The lowest BCUT2D eigenvalue weighted by Crippen LogP contribution is -2.47. The van der Waals surface area contributed by atoms with Gasteiger partial charge in [0.25, 0.3) is 0 Å². The number of benzene rings is 1. The molecule has 124 valence electrons. The number of piperazine rings is 1. The zero-order chi connectivity index (χ0) is 16.4. The smallest absolute Gasteiger partial charge is 0.198 e. The standard InChI is InChI=1S/C16H22ClN5S/c1-13(14-5-3-4-6-15(14)17)21-9-7-20(8-10-21)12-22-16(23)19(2)11-18-22/h3-6,11,13H,7-10,12H2,1-2H3/t13-/m1/s1. The van der Waals surface area contributed by atoms with Crippen LogP contribution in [0.25, 0.3) is 0 Å². The number of hydrogen-bond donors (Lipinski definition) is 0. The molecule has 1 atom stereocenters. The number of halogens is 1. The maximum absolute atomic E-state index is 6.33. The fourth-order valence-electron chi connectivity index (χ4n) is 3.01. The molecular formula is C16H22ClN5S. The summed E-state index contributed by atoms with van der Waals surface area (Å²) >= 11 is 11.7. The minimum absolute atomic E-state index is 0.336. The lowest BCUT2D eigenvalue weighted by molar-refractivity contribution is 0.0788. The molecule has 0 spiro atoms. The van der Waals surface area contributed by atoms with E-state index in [9.17, 15) is 0 Å². The lowest BCUT2D eigenvalue weighted by Gasteiger charge is -2.38.